The van der Waals surface area contributed by atoms with Crippen molar-refractivity contribution in [1.82, 2.24) is 4.90 Å². The van der Waals surface area contributed by atoms with Crippen LogP contribution < -0.4 is 9.47 Å². The number of amides is 2. The molecule has 0 atom stereocenters. The summed E-state index contributed by atoms with van der Waals surface area (Å²) in [4.78, 5) is 27.1. The minimum absolute atomic E-state index is 0.188. The molecule has 0 aliphatic carbocycles. The van der Waals surface area contributed by atoms with Gasteiger partial charge in [-0.1, -0.05) is 36.4 Å². The minimum Gasteiger partial charge on any atom is -0.492 e. The van der Waals surface area contributed by atoms with Crippen LogP contribution in [-0.2, 0) is 4.79 Å². The van der Waals surface area contributed by atoms with Crippen molar-refractivity contribution in [3.63, 3.8) is 0 Å². The monoisotopic (exact) mass is 671 g/mol. The first kappa shape index (κ1) is 23.4. The fourth-order valence-electron chi connectivity index (χ4n) is 3.39. The van der Waals surface area contributed by atoms with E-state index in [1.54, 1.807) is 6.08 Å². The third kappa shape index (κ3) is 5.07. The molecular formula is C24H19I2NO4S. The molecule has 1 aliphatic rings. The highest BCUT2D eigenvalue weighted by Gasteiger charge is 2.35. The molecule has 0 unspecified atom stereocenters. The number of halogens is 2. The number of fused-ring (bicyclic) bond motifs is 1. The maximum atomic E-state index is 12.9. The van der Waals surface area contributed by atoms with Crippen molar-refractivity contribution in [2.45, 2.75) is 6.92 Å². The Morgan fingerprint density at radius 2 is 1.81 bits per heavy atom. The van der Waals surface area contributed by atoms with Crippen LogP contribution in [0.1, 0.15) is 12.5 Å². The van der Waals surface area contributed by atoms with Crippen LogP contribution in [0.25, 0.3) is 16.8 Å². The summed E-state index contributed by atoms with van der Waals surface area (Å²) in [7, 11) is 0. The van der Waals surface area contributed by atoms with Gasteiger partial charge in [0.05, 0.1) is 21.6 Å². The highest BCUT2D eigenvalue weighted by atomic mass is 127. The van der Waals surface area contributed by atoms with Gasteiger partial charge in [0.15, 0.2) is 0 Å². The van der Waals surface area contributed by atoms with Gasteiger partial charge >= 0.3 is 0 Å². The second kappa shape index (κ2) is 10.4. The Kier molecular flexibility index (Phi) is 7.62. The van der Waals surface area contributed by atoms with Crippen molar-refractivity contribution in [3.05, 3.63) is 72.2 Å². The molecule has 8 heteroatoms. The quantitative estimate of drug-likeness (QED) is 0.211. The van der Waals surface area contributed by atoms with Gasteiger partial charge in [-0.15, -0.1) is 0 Å². The van der Waals surface area contributed by atoms with Crippen LogP contribution in [0.3, 0.4) is 0 Å². The highest BCUT2D eigenvalue weighted by molar-refractivity contribution is 14.1. The maximum Gasteiger partial charge on any atom is 0.293 e. The number of hydrogen-bond donors (Lipinski definition) is 0. The van der Waals surface area contributed by atoms with Gasteiger partial charge in [0.2, 0.25) is 0 Å². The first-order chi connectivity index (χ1) is 15.5. The van der Waals surface area contributed by atoms with Crippen molar-refractivity contribution in [3.8, 4) is 11.5 Å². The predicted octanol–water partition coefficient (Wildman–Crippen LogP) is 6.56. The molecule has 0 bridgehead atoms. The molecule has 3 aromatic carbocycles. The Bertz CT molecular complexity index is 1220. The molecule has 1 fully saturated rings. The predicted molar refractivity (Wildman–Crippen MR) is 145 cm³/mol. The lowest BCUT2D eigenvalue weighted by Crippen LogP contribution is -2.32. The molecule has 2 amide bonds. The average molecular weight is 671 g/mol. The van der Waals surface area contributed by atoms with E-state index in [9.17, 15) is 9.59 Å². The maximum absolute atomic E-state index is 12.9. The number of carbonyl (C=O) groups excluding carboxylic acids is 2. The largest absolute Gasteiger partial charge is 0.492 e. The van der Waals surface area contributed by atoms with Gasteiger partial charge in [0, 0.05) is 14.5 Å². The lowest BCUT2D eigenvalue weighted by molar-refractivity contribution is -0.123. The summed E-state index contributed by atoms with van der Waals surface area (Å²) in [6, 6.07) is 17.8. The number of carbonyl (C=O) groups is 2. The molecule has 3 aromatic rings. The van der Waals surface area contributed by atoms with Crippen molar-refractivity contribution in [2.24, 2.45) is 0 Å². The summed E-state index contributed by atoms with van der Waals surface area (Å²) in [6.07, 6.45) is 1.74. The highest BCUT2D eigenvalue weighted by Crippen LogP contribution is 2.36. The van der Waals surface area contributed by atoms with E-state index in [1.165, 1.54) is 4.90 Å². The fraction of sp³-hybridized carbons (Fsp3) is 0.167. The number of hydrogen-bond acceptors (Lipinski definition) is 5. The Hall–Kier alpha value is -1.79. The summed E-state index contributed by atoms with van der Waals surface area (Å²) in [6.45, 7) is 2.85. The van der Waals surface area contributed by atoms with E-state index < -0.39 is 0 Å². The normalized spacial score (nSPS) is 15.1. The van der Waals surface area contributed by atoms with E-state index in [-0.39, 0.29) is 24.3 Å². The molecule has 1 heterocycles. The van der Waals surface area contributed by atoms with Gasteiger partial charge in [-0.2, -0.15) is 0 Å². The molecule has 0 aromatic heterocycles. The molecule has 1 saturated heterocycles. The van der Waals surface area contributed by atoms with Gasteiger partial charge in [-0.3, -0.25) is 14.5 Å². The summed E-state index contributed by atoms with van der Waals surface area (Å²) in [5.41, 5.74) is 0.792. The number of thioether (sulfide) groups is 1. The fourth-order valence-corrected chi connectivity index (χ4v) is 6.29. The van der Waals surface area contributed by atoms with Crippen LogP contribution in [0.2, 0.25) is 0 Å². The van der Waals surface area contributed by atoms with E-state index in [1.807, 2.05) is 61.5 Å². The smallest absolute Gasteiger partial charge is 0.293 e. The van der Waals surface area contributed by atoms with Crippen LogP contribution in [0.5, 0.6) is 11.5 Å². The molecule has 0 spiro atoms. The number of nitrogens with zero attached hydrogens (tertiary/aromatic N) is 1. The molecule has 32 heavy (non-hydrogen) atoms. The topological polar surface area (TPSA) is 55.8 Å². The van der Waals surface area contributed by atoms with Gasteiger partial charge in [-0.05, 0) is 93.5 Å². The second-order valence-corrected chi connectivity index (χ2v) is 10.3. The van der Waals surface area contributed by atoms with E-state index in [0.717, 1.165) is 46.7 Å². The van der Waals surface area contributed by atoms with E-state index in [0.29, 0.717) is 11.5 Å². The zero-order chi connectivity index (χ0) is 22.7. The lowest BCUT2D eigenvalue weighted by Gasteiger charge is -2.14. The van der Waals surface area contributed by atoms with Gasteiger partial charge in [-0.25, -0.2) is 0 Å². The Balaban J connectivity index is 1.49. The van der Waals surface area contributed by atoms with Gasteiger partial charge in [0.25, 0.3) is 11.1 Å². The zero-order valence-electron chi connectivity index (χ0n) is 17.1. The standard InChI is InChI=1S/C24H19I2NO4S/c1-2-30-22-16(12-17(25)14-19(22)26)13-21-23(28)27(24(29)32-21)10-11-31-20-9-5-7-15-6-3-4-8-18(15)20/h3-9,12-14H,2,10-11H2,1H3/b21-13-. The molecular weight excluding hydrogens is 652 g/mol. The van der Waals surface area contributed by atoms with Crippen LogP contribution in [0.15, 0.2) is 59.5 Å². The van der Waals surface area contributed by atoms with E-state index in [2.05, 4.69) is 45.2 Å². The Labute approximate surface area is 217 Å². The first-order valence-corrected chi connectivity index (χ1v) is 12.9. The van der Waals surface area contributed by atoms with E-state index >= 15 is 0 Å². The van der Waals surface area contributed by atoms with Crippen molar-refractivity contribution in [1.29, 1.82) is 0 Å². The Morgan fingerprint density at radius 3 is 2.62 bits per heavy atom. The molecule has 0 N–H and O–H groups in total. The zero-order valence-corrected chi connectivity index (χ0v) is 22.3. The van der Waals surface area contributed by atoms with Crippen molar-refractivity contribution >= 4 is 84.9 Å². The average Bonchev–Trinajstić information content (AvgIpc) is 3.03. The van der Waals surface area contributed by atoms with Crippen molar-refractivity contribution < 1.29 is 19.1 Å². The molecule has 164 valence electrons. The summed E-state index contributed by atoms with van der Waals surface area (Å²) in [5.74, 6) is 1.15. The van der Waals surface area contributed by atoms with Crippen LogP contribution in [-0.4, -0.2) is 35.8 Å². The van der Waals surface area contributed by atoms with Crippen LogP contribution in [0, 0.1) is 7.14 Å². The SMILES string of the molecule is CCOc1c(I)cc(I)cc1/C=C1\SC(=O)N(CCOc2cccc3ccccc23)C1=O. The number of benzene rings is 3. The molecule has 1 aliphatic heterocycles. The second-order valence-electron chi connectivity index (χ2n) is 6.90. The summed E-state index contributed by atoms with van der Waals surface area (Å²) in [5, 5.41) is 1.79. The number of imide groups is 1. The Morgan fingerprint density at radius 1 is 1.03 bits per heavy atom. The number of rotatable bonds is 7. The van der Waals surface area contributed by atoms with Crippen LogP contribution in [0.4, 0.5) is 4.79 Å². The third-order valence-electron chi connectivity index (χ3n) is 4.81. The number of ether oxygens (including phenoxy) is 2. The summed E-state index contributed by atoms with van der Waals surface area (Å²) >= 11 is 5.40. The molecule has 4 rings (SSSR count). The molecule has 5 nitrogen and oxygen atoms in total. The molecule has 0 saturated carbocycles. The van der Waals surface area contributed by atoms with Crippen molar-refractivity contribution in [2.75, 3.05) is 19.8 Å². The van der Waals surface area contributed by atoms with Gasteiger partial charge in [0.1, 0.15) is 18.1 Å². The van der Waals surface area contributed by atoms with E-state index in [4.69, 9.17) is 9.47 Å². The third-order valence-corrected chi connectivity index (χ3v) is 7.14. The summed E-state index contributed by atoms with van der Waals surface area (Å²) < 4.78 is 13.7. The minimum atomic E-state index is -0.308. The first-order valence-electron chi connectivity index (χ1n) is 9.95. The lowest BCUT2D eigenvalue weighted by atomic mass is 10.1. The van der Waals surface area contributed by atoms with Crippen LogP contribution >= 0.6 is 56.9 Å². The molecule has 0 radical (unpaired) electrons. The van der Waals surface area contributed by atoms with Gasteiger partial charge < -0.3 is 9.47 Å².